The Morgan fingerprint density at radius 1 is 1.17 bits per heavy atom. The normalized spacial score (nSPS) is 11.6. The fourth-order valence-corrected chi connectivity index (χ4v) is 2.13. The summed E-state index contributed by atoms with van der Waals surface area (Å²) < 4.78 is 0. The lowest BCUT2D eigenvalue weighted by Crippen LogP contribution is -2.07. The first-order valence-electron chi connectivity index (χ1n) is 5.72. The number of anilines is 1. The average Bonchev–Trinajstić information content (AvgIpc) is 2.39. The van der Waals surface area contributed by atoms with Gasteiger partial charge in [0.1, 0.15) is 0 Å². The summed E-state index contributed by atoms with van der Waals surface area (Å²) in [6, 6.07) is 17.4. The molecule has 2 rings (SSSR count). The quantitative estimate of drug-likeness (QED) is 0.884. The molecule has 1 N–H and O–H groups in total. The van der Waals surface area contributed by atoms with Gasteiger partial charge in [0, 0.05) is 16.8 Å². The van der Waals surface area contributed by atoms with E-state index in [1.165, 1.54) is 0 Å². The van der Waals surface area contributed by atoms with E-state index in [0.717, 1.165) is 16.3 Å². The molecule has 2 nitrogen and oxygen atoms in total. The molecule has 1 unspecified atom stereocenters. The molecule has 2 aromatic carbocycles. The van der Waals surface area contributed by atoms with Crippen LogP contribution in [0.25, 0.3) is 0 Å². The van der Waals surface area contributed by atoms with Crippen molar-refractivity contribution >= 4 is 17.3 Å². The van der Waals surface area contributed by atoms with Crippen LogP contribution in [-0.4, -0.2) is 0 Å². The number of hydrogen-bond acceptors (Lipinski definition) is 2. The second-order valence-electron chi connectivity index (χ2n) is 4.08. The summed E-state index contributed by atoms with van der Waals surface area (Å²) >= 11 is 6.15. The average molecular weight is 257 g/mol. The lowest BCUT2D eigenvalue weighted by atomic mass is 10.1. The summed E-state index contributed by atoms with van der Waals surface area (Å²) in [5.74, 6) is 0. The lowest BCUT2D eigenvalue weighted by molar-refractivity contribution is 0.885. The highest BCUT2D eigenvalue weighted by atomic mass is 35.5. The molecule has 0 amide bonds. The molecular formula is C15H13ClN2. The first kappa shape index (κ1) is 12.5. The Bertz CT molecular complexity index is 587. The summed E-state index contributed by atoms with van der Waals surface area (Å²) in [6.07, 6.45) is 0. The Labute approximate surface area is 112 Å². The zero-order valence-electron chi connectivity index (χ0n) is 10.0. The van der Waals surface area contributed by atoms with Gasteiger partial charge in [-0.1, -0.05) is 35.9 Å². The Morgan fingerprint density at radius 2 is 1.94 bits per heavy atom. The third-order valence-corrected chi connectivity index (χ3v) is 3.09. The third kappa shape index (κ3) is 2.82. The smallest absolute Gasteiger partial charge is 0.0992 e. The van der Waals surface area contributed by atoms with Gasteiger partial charge < -0.3 is 5.32 Å². The van der Waals surface area contributed by atoms with Crippen LogP contribution in [0.5, 0.6) is 0 Å². The van der Waals surface area contributed by atoms with Gasteiger partial charge in [-0.15, -0.1) is 0 Å². The van der Waals surface area contributed by atoms with E-state index < -0.39 is 0 Å². The van der Waals surface area contributed by atoms with Gasteiger partial charge in [0.25, 0.3) is 0 Å². The second kappa shape index (κ2) is 5.57. The highest BCUT2D eigenvalue weighted by Gasteiger charge is 2.08. The number of nitriles is 1. The lowest BCUT2D eigenvalue weighted by Gasteiger charge is -2.17. The maximum atomic E-state index is 8.86. The molecule has 0 saturated heterocycles. The van der Waals surface area contributed by atoms with Gasteiger partial charge >= 0.3 is 0 Å². The van der Waals surface area contributed by atoms with Crippen molar-refractivity contribution in [2.24, 2.45) is 0 Å². The summed E-state index contributed by atoms with van der Waals surface area (Å²) in [7, 11) is 0. The number of rotatable bonds is 3. The SMILES string of the molecule is CC(Nc1cccc(C#N)c1)c1ccccc1Cl. The minimum absolute atomic E-state index is 0.0904. The van der Waals surface area contributed by atoms with Crippen LogP contribution in [0.3, 0.4) is 0 Å². The van der Waals surface area contributed by atoms with Crippen molar-refractivity contribution < 1.29 is 0 Å². The minimum atomic E-state index is 0.0904. The van der Waals surface area contributed by atoms with Crippen LogP contribution in [0, 0.1) is 11.3 Å². The molecule has 0 spiro atoms. The van der Waals surface area contributed by atoms with Crippen molar-refractivity contribution in [1.29, 1.82) is 5.26 Å². The van der Waals surface area contributed by atoms with Crippen molar-refractivity contribution in [3.05, 3.63) is 64.7 Å². The highest BCUT2D eigenvalue weighted by molar-refractivity contribution is 6.31. The van der Waals surface area contributed by atoms with E-state index in [-0.39, 0.29) is 6.04 Å². The first-order valence-corrected chi connectivity index (χ1v) is 6.09. The van der Waals surface area contributed by atoms with E-state index in [9.17, 15) is 0 Å². The van der Waals surface area contributed by atoms with Crippen LogP contribution in [0.2, 0.25) is 5.02 Å². The summed E-state index contributed by atoms with van der Waals surface area (Å²) in [5.41, 5.74) is 2.61. The van der Waals surface area contributed by atoms with Gasteiger partial charge in [-0.05, 0) is 36.8 Å². The third-order valence-electron chi connectivity index (χ3n) is 2.75. The van der Waals surface area contributed by atoms with E-state index in [4.69, 9.17) is 16.9 Å². The number of hydrogen-bond donors (Lipinski definition) is 1. The zero-order chi connectivity index (χ0) is 13.0. The topological polar surface area (TPSA) is 35.8 Å². The molecule has 0 fully saturated rings. The summed E-state index contributed by atoms with van der Waals surface area (Å²) in [6.45, 7) is 2.04. The maximum absolute atomic E-state index is 8.86. The number of halogens is 1. The predicted octanol–water partition coefficient (Wildman–Crippen LogP) is 4.38. The standard InChI is InChI=1S/C15H13ClN2/c1-11(14-7-2-3-8-15(14)16)18-13-6-4-5-12(9-13)10-17/h2-9,11,18H,1H3. The van der Waals surface area contributed by atoms with Crippen LogP contribution in [0.1, 0.15) is 24.1 Å². The fourth-order valence-electron chi connectivity index (χ4n) is 1.83. The molecule has 0 aliphatic rings. The molecule has 0 heterocycles. The van der Waals surface area contributed by atoms with Crippen LogP contribution in [-0.2, 0) is 0 Å². The van der Waals surface area contributed by atoms with Crippen molar-refractivity contribution in [2.45, 2.75) is 13.0 Å². The van der Waals surface area contributed by atoms with Gasteiger partial charge in [-0.25, -0.2) is 0 Å². The Kier molecular flexibility index (Phi) is 3.86. The molecule has 0 bridgehead atoms. The largest absolute Gasteiger partial charge is 0.378 e. The first-order chi connectivity index (χ1) is 8.70. The molecular weight excluding hydrogens is 244 g/mol. The molecule has 3 heteroatoms. The minimum Gasteiger partial charge on any atom is -0.378 e. The molecule has 18 heavy (non-hydrogen) atoms. The molecule has 2 aromatic rings. The highest BCUT2D eigenvalue weighted by Crippen LogP contribution is 2.25. The van der Waals surface area contributed by atoms with E-state index in [2.05, 4.69) is 11.4 Å². The molecule has 0 aliphatic carbocycles. The second-order valence-corrected chi connectivity index (χ2v) is 4.49. The van der Waals surface area contributed by atoms with Gasteiger partial charge in [0.2, 0.25) is 0 Å². The predicted molar refractivity (Wildman–Crippen MR) is 74.6 cm³/mol. The van der Waals surface area contributed by atoms with Crippen molar-refractivity contribution in [2.75, 3.05) is 5.32 Å². The molecule has 0 saturated carbocycles. The van der Waals surface area contributed by atoms with Crippen molar-refractivity contribution in [1.82, 2.24) is 0 Å². The Hall–Kier alpha value is -1.98. The van der Waals surface area contributed by atoms with E-state index in [1.807, 2.05) is 49.4 Å². The number of nitrogens with one attached hydrogen (secondary N) is 1. The van der Waals surface area contributed by atoms with Crippen LogP contribution >= 0.6 is 11.6 Å². The molecule has 0 aliphatic heterocycles. The monoisotopic (exact) mass is 256 g/mol. The molecule has 90 valence electrons. The number of benzene rings is 2. The van der Waals surface area contributed by atoms with Gasteiger partial charge in [-0.3, -0.25) is 0 Å². The molecule has 1 atom stereocenters. The van der Waals surface area contributed by atoms with Crippen LogP contribution in [0.4, 0.5) is 5.69 Å². The van der Waals surface area contributed by atoms with Crippen LogP contribution in [0.15, 0.2) is 48.5 Å². The van der Waals surface area contributed by atoms with Crippen LogP contribution < -0.4 is 5.32 Å². The van der Waals surface area contributed by atoms with E-state index >= 15 is 0 Å². The Balaban J connectivity index is 2.19. The number of nitrogens with zero attached hydrogens (tertiary/aromatic N) is 1. The van der Waals surface area contributed by atoms with Gasteiger partial charge in [-0.2, -0.15) is 5.26 Å². The van der Waals surface area contributed by atoms with E-state index in [1.54, 1.807) is 6.07 Å². The van der Waals surface area contributed by atoms with Crippen molar-refractivity contribution in [3.63, 3.8) is 0 Å². The molecule has 0 radical (unpaired) electrons. The van der Waals surface area contributed by atoms with E-state index in [0.29, 0.717) is 5.56 Å². The molecule has 0 aromatic heterocycles. The fraction of sp³-hybridized carbons (Fsp3) is 0.133. The summed E-state index contributed by atoms with van der Waals surface area (Å²) in [4.78, 5) is 0. The maximum Gasteiger partial charge on any atom is 0.0992 e. The van der Waals surface area contributed by atoms with Gasteiger partial charge in [0.15, 0.2) is 0 Å². The zero-order valence-corrected chi connectivity index (χ0v) is 10.8. The van der Waals surface area contributed by atoms with Crippen molar-refractivity contribution in [3.8, 4) is 6.07 Å². The van der Waals surface area contributed by atoms with Gasteiger partial charge in [0.05, 0.1) is 11.6 Å². The summed E-state index contributed by atoms with van der Waals surface area (Å²) in [5, 5.41) is 12.9. The Morgan fingerprint density at radius 3 is 2.67 bits per heavy atom.